The van der Waals surface area contributed by atoms with Crippen LogP contribution in [-0.4, -0.2) is 29.7 Å². The average molecular weight is 516 g/mol. The highest BCUT2D eigenvalue weighted by molar-refractivity contribution is 9.11. The molecule has 0 unspecified atom stereocenters. The number of nitrogens with one attached hydrogen (secondary N) is 1. The van der Waals surface area contributed by atoms with Gasteiger partial charge in [0.2, 0.25) is 0 Å². The van der Waals surface area contributed by atoms with Gasteiger partial charge in [-0.15, -0.1) is 11.3 Å². The second-order valence-corrected chi connectivity index (χ2v) is 10.6. The van der Waals surface area contributed by atoms with Crippen LogP contribution in [0.25, 0.3) is 0 Å². The molecule has 2 atom stereocenters. The quantitative estimate of drug-likeness (QED) is 0.552. The second kappa shape index (κ2) is 8.94. The van der Waals surface area contributed by atoms with Crippen molar-refractivity contribution in [2.45, 2.75) is 32.2 Å². The topological polar surface area (TPSA) is 47.9 Å². The maximum Gasteiger partial charge on any atom is 0.282 e. The van der Waals surface area contributed by atoms with E-state index in [2.05, 4.69) is 27.4 Å². The summed E-state index contributed by atoms with van der Waals surface area (Å²) in [6, 6.07) is 9.30. The largest absolute Gasteiger partial charge is 0.284 e. The highest BCUT2D eigenvalue weighted by Gasteiger charge is 2.41. The summed E-state index contributed by atoms with van der Waals surface area (Å²) in [5, 5.41) is 9.66. The van der Waals surface area contributed by atoms with Gasteiger partial charge in [-0.25, -0.2) is 5.01 Å². The summed E-state index contributed by atoms with van der Waals surface area (Å²) in [7, 11) is 0. The Kier molecular flexibility index (Phi) is 6.51. The fourth-order valence-corrected chi connectivity index (χ4v) is 5.92. The van der Waals surface area contributed by atoms with Crippen molar-refractivity contribution in [2.75, 3.05) is 18.1 Å². The number of carbonyl (C=O) groups is 1. The van der Waals surface area contributed by atoms with Gasteiger partial charge in [0, 0.05) is 28.9 Å². The molecule has 0 bridgehead atoms. The number of nitrogens with zero attached hydrogens (tertiary/aromatic N) is 3. The Morgan fingerprint density at radius 3 is 2.62 bits per heavy atom. The van der Waals surface area contributed by atoms with Gasteiger partial charge in [0.25, 0.3) is 5.91 Å². The summed E-state index contributed by atoms with van der Waals surface area (Å²) < 4.78 is 1.04. The molecular formula is C20H21BrCl2N4OS. The Labute approximate surface area is 192 Å². The number of hydrogen-bond acceptors (Lipinski definition) is 5. The summed E-state index contributed by atoms with van der Waals surface area (Å²) >= 11 is 17.8. The van der Waals surface area contributed by atoms with Crippen LogP contribution in [0.4, 0.5) is 5.69 Å². The first kappa shape index (κ1) is 21.1. The minimum atomic E-state index is -0.146. The van der Waals surface area contributed by atoms with E-state index in [4.69, 9.17) is 28.3 Å². The van der Waals surface area contributed by atoms with Crippen molar-refractivity contribution in [3.63, 3.8) is 0 Å². The van der Waals surface area contributed by atoms with E-state index in [9.17, 15) is 4.79 Å². The van der Waals surface area contributed by atoms with Gasteiger partial charge in [-0.3, -0.25) is 15.2 Å². The summed E-state index contributed by atoms with van der Waals surface area (Å²) in [6.07, 6.45) is 3.41. The molecule has 5 nitrogen and oxygen atoms in total. The predicted molar refractivity (Wildman–Crippen MR) is 124 cm³/mol. The van der Waals surface area contributed by atoms with Crippen molar-refractivity contribution >= 4 is 67.8 Å². The van der Waals surface area contributed by atoms with Gasteiger partial charge >= 0.3 is 0 Å². The van der Waals surface area contributed by atoms with Gasteiger partial charge in [-0.2, -0.15) is 5.10 Å². The smallest absolute Gasteiger partial charge is 0.282 e. The van der Waals surface area contributed by atoms with Crippen molar-refractivity contribution in [1.29, 1.82) is 0 Å². The molecule has 1 aromatic carbocycles. The average Bonchev–Trinajstić information content (AvgIpc) is 3.25. The van der Waals surface area contributed by atoms with Gasteiger partial charge in [-0.1, -0.05) is 36.5 Å². The van der Waals surface area contributed by atoms with Crippen LogP contribution in [0.2, 0.25) is 10.0 Å². The molecule has 1 saturated heterocycles. The molecule has 3 heterocycles. The van der Waals surface area contributed by atoms with Crippen molar-refractivity contribution in [2.24, 2.45) is 11.0 Å². The SMILES string of the molecule is C[C@@H]1C(C(=O)NN2CCCCC2)=NN(c2ccc(Cl)cc2Cl)[C@H]1c1ccc(Br)s1. The Hall–Kier alpha value is -1.12. The molecule has 29 heavy (non-hydrogen) atoms. The molecule has 2 aliphatic rings. The Bertz CT molecular complexity index is 944. The number of hydrazine groups is 1. The number of anilines is 1. The number of hydrazone groups is 1. The van der Waals surface area contributed by atoms with Crippen LogP contribution in [0, 0.1) is 5.92 Å². The van der Waals surface area contributed by atoms with Crippen LogP contribution in [0.5, 0.6) is 0 Å². The van der Waals surface area contributed by atoms with Gasteiger partial charge in [0.15, 0.2) is 0 Å². The molecule has 2 aliphatic heterocycles. The molecule has 1 amide bonds. The number of hydrogen-bond donors (Lipinski definition) is 1. The molecule has 0 aliphatic carbocycles. The zero-order valence-corrected chi connectivity index (χ0v) is 19.8. The number of rotatable bonds is 4. The molecule has 2 aromatic rings. The van der Waals surface area contributed by atoms with E-state index in [-0.39, 0.29) is 17.9 Å². The van der Waals surface area contributed by atoms with Crippen molar-refractivity contribution < 1.29 is 4.79 Å². The molecule has 0 spiro atoms. The first-order valence-corrected chi connectivity index (χ1v) is 11.9. The maximum absolute atomic E-state index is 13.1. The summed E-state index contributed by atoms with van der Waals surface area (Å²) in [4.78, 5) is 14.2. The molecule has 1 aromatic heterocycles. The summed E-state index contributed by atoms with van der Waals surface area (Å²) in [5.41, 5.74) is 4.29. The maximum atomic E-state index is 13.1. The lowest BCUT2D eigenvalue weighted by Gasteiger charge is -2.27. The molecule has 0 saturated carbocycles. The third-order valence-corrected chi connectivity index (χ3v) is 7.51. The zero-order chi connectivity index (χ0) is 20.5. The van der Waals surface area contributed by atoms with Gasteiger partial charge in [-0.05, 0) is 59.1 Å². The third-order valence-electron chi connectivity index (χ3n) is 5.27. The Morgan fingerprint density at radius 2 is 1.97 bits per heavy atom. The van der Waals surface area contributed by atoms with E-state index in [1.54, 1.807) is 23.5 Å². The minimum Gasteiger partial charge on any atom is -0.284 e. The van der Waals surface area contributed by atoms with Crippen LogP contribution >= 0.6 is 50.5 Å². The fraction of sp³-hybridized carbons (Fsp3) is 0.400. The van der Waals surface area contributed by atoms with E-state index in [1.807, 2.05) is 29.1 Å². The van der Waals surface area contributed by atoms with E-state index in [0.717, 1.165) is 40.3 Å². The number of benzene rings is 1. The second-order valence-electron chi connectivity index (χ2n) is 7.29. The van der Waals surface area contributed by atoms with Crippen molar-refractivity contribution in [3.05, 3.63) is 49.0 Å². The first-order valence-electron chi connectivity index (χ1n) is 9.58. The molecule has 4 rings (SSSR count). The monoisotopic (exact) mass is 514 g/mol. The van der Waals surface area contributed by atoms with Crippen molar-refractivity contribution in [3.8, 4) is 0 Å². The van der Waals surface area contributed by atoms with Crippen LogP contribution in [-0.2, 0) is 4.79 Å². The van der Waals surface area contributed by atoms with Gasteiger partial charge in [0.1, 0.15) is 5.71 Å². The highest BCUT2D eigenvalue weighted by Crippen LogP contribution is 2.44. The standard InChI is InChI=1S/C20H21BrCl2N4OS/c1-12-18(20(28)25-26-9-3-2-4-10-26)24-27(15-6-5-13(22)11-14(15)23)19(12)16-7-8-17(21)29-16/h5-8,11-12,19H,2-4,9-10H2,1H3,(H,25,28)/t12-,19-/m1/s1. The van der Waals surface area contributed by atoms with Crippen molar-refractivity contribution in [1.82, 2.24) is 10.4 Å². The summed E-state index contributed by atoms with van der Waals surface area (Å²) in [5.74, 6) is -0.246. The normalized spacial score (nSPS) is 22.6. The number of amides is 1. The van der Waals surface area contributed by atoms with Crippen LogP contribution in [0.1, 0.15) is 37.1 Å². The number of halogens is 3. The Balaban J connectivity index is 1.67. The van der Waals surface area contributed by atoms with Crippen LogP contribution in [0.3, 0.4) is 0 Å². The first-order chi connectivity index (χ1) is 13.9. The lowest BCUT2D eigenvalue weighted by atomic mass is 9.95. The van der Waals surface area contributed by atoms with E-state index < -0.39 is 0 Å². The lowest BCUT2D eigenvalue weighted by molar-refractivity contribution is -0.120. The molecule has 9 heteroatoms. The minimum absolute atomic E-state index is 0.0999. The van der Waals surface area contributed by atoms with Crippen LogP contribution < -0.4 is 10.4 Å². The molecule has 1 fully saturated rings. The number of carbonyl (C=O) groups excluding carboxylic acids is 1. The molecular weight excluding hydrogens is 495 g/mol. The Morgan fingerprint density at radius 1 is 1.21 bits per heavy atom. The van der Waals surface area contributed by atoms with E-state index in [1.165, 1.54) is 6.42 Å². The zero-order valence-electron chi connectivity index (χ0n) is 15.9. The number of thiophene rings is 1. The molecule has 154 valence electrons. The fourth-order valence-electron chi connectivity index (χ4n) is 3.81. The highest BCUT2D eigenvalue weighted by atomic mass is 79.9. The molecule has 1 N–H and O–H groups in total. The van der Waals surface area contributed by atoms with Gasteiger partial charge in [0.05, 0.1) is 20.5 Å². The summed E-state index contributed by atoms with van der Waals surface area (Å²) in [6.45, 7) is 3.79. The third kappa shape index (κ3) is 4.49. The van der Waals surface area contributed by atoms with Crippen LogP contribution in [0.15, 0.2) is 39.2 Å². The lowest BCUT2D eigenvalue weighted by Crippen LogP contribution is -2.48. The van der Waals surface area contributed by atoms with E-state index >= 15 is 0 Å². The van der Waals surface area contributed by atoms with Gasteiger partial charge < -0.3 is 0 Å². The number of piperidine rings is 1. The van der Waals surface area contributed by atoms with E-state index in [0.29, 0.717) is 15.8 Å². The predicted octanol–water partition coefficient (Wildman–Crippen LogP) is 5.89. The molecule has 0 radical (unpaired) electrons.